The van der Waals surface area contributed by atoms with E-state index >= 15 is 0 Å². The molecule has 0 aliphatic carbocycles. The van der Waals surface area contributed by atoms with Crippen LogP contribution in [0.5, 0.6) is 0 Å². The van der Waals surface area contributed by atoms with Crippen LogP contribution in [-0.2, 0) is 4.74 Å². The van der Waals surface area contributed by atoms with E-state index in [4.69, 9.17) is 9.72 Å². The normalized spacial score (nSPS) is 16.6. The minimum Gasteiger partial charge on any atom is -0.378 e. The highest BCUT2D eigenvalue weighted by Crippen LogP contribution is 2.31. The van der Waals surface area contributed by atoms with Crippen molar-refractivity contribution < 1.29 is 9.53 Å². The van der Waals surface area contributed by atoms with E-state index in [9.17, 15) is 4.79 Å². The first-order valence-corrected chi connectivity index (χ1v) is 14.0. The van der Waals surface area contributed by atoms with Gasteiger partial charge in [0.25, 0.3) is 5.91 Å². The largest absolute Gasteiger partial charge is 0.378 e. The van der Waals surface area contributed by atoms with Crippen LogP contribution in [0.1, 0.15) is 30.2 Å². The van der Waals surface area contributed by atoms with Crippen LogP contribution in [0.4, 0.5) is 17.2 Å². The van der Waals surface area contributed by atoms with Crippen LogP contribution >= 0.6 is 0 Å². The van der Waals surface area contributed by atoms with Crippen molar-refractivity contribution in [3.05, 3.63) is 60.4 Å². The number of carbonyl (C=O) groups excluding carboxylic acids is 1. The van der Waals surface area contributed by atoms with E-state index in [0.717, 1.165) is 75.2 Å². The fourth-order valence-corrected chi connectivity index (χ4v) is 5.36. The fraction of sp³-hybridized carbons (Fsp3) is 0.400. The Morgan fingerprint density at radius 1 is 0.900 bits per heavy atom. The lowest BCUT2D eigenvalue weighted by atomic mass is 10.1. The molecule has 2 aliphatic rings. The minimum absolute atomic E-state index is 0.0778. The zero-order chi connectivity index (χ0) is 27.6. The molecule has 4 aromatic rings. The zero-order valence-electron chi connectivity index (χ0n) is 23.4. The van der Waals surface area contributed by atoms with Crippen LogP contribution in [0.3, 0.4) is 0 Å². The van der Waals surface area contributed by atoms with Crippen LogP contribution < -0.4 is 10.2 Å². The second kappa shape index (κ2) is 11.2. The molecule has 2 aromatic heterocycles. The molecule has 4 heterocycles. The van der Waals surface area contributed by atoms with Crippen molar-refractivity contribution in [2.75, 3.05) is 69.7 Å². The van der Waals surface area contributed by atoms with Gasteiger partial charge in [-0.15, -0.1) is 0 Å². The Bertz CT molecular complexity index is 1470. The monoisotopic (exact) mass is 540 g/mol. The number of nitrogens with one attached hydrogen (secondary N) is 1. The summed E-state index contributed by atoms with van der Waals surface area (Å²) in [5, 5.41) is 3.45. The number of hydrogen-bond acceptors (Lipinski definition) is 8. The van der Waals surface area contributed by atoms with E-state index in [2.05, 4.69) is 74.8 Å². The Morgan fingerprint density at radius 3 is 2.27 bits per heavy atom. The maximum Gasteiger partial charge on any atom is 0.253 e. The van der Waals surface area contributed by atoms with Gasteiger partial charge in [-0.1, -0.05) is 12.1 Å². The lowest BCUT2D eigenvalue weighted by Gasteiger charge is -2.32. The highest BCUT2D eigenvalue weighted by atomic mass is 16.5. The van der Waals surface area contributed by atoms with Crippen molar-refractivity contribution in [1.29, 1.82) is 0 Å². The van der Waals surface area contributed by atoms with Gasteiger partial charge in [-0.2, -0.15) is 0 Å². The Balaban J connectivity index is 1.27. The molecule has 0 spiro atoms. The number of ether oxygens (including phenoxy) is 1. The molecule has 2 fully saturated rings. The Kier molecular flexibility index (Phi) is 7.36. The second-order valence-corrected chi connectivity index (χ2v) is 10.7. The molecule has 1 N–H and O–H groups in total. The summed E-state index contributed by atoms with van der Waals surface area (Å²) in [6, 6.07) is 16.3. The molecule has 2 aliphatic heterocycles. The maximum absolute atomic E-state index is 13.1. The summed E-state index contributed by atoms with van der Waals surface area (Å²) in [5.41, 5.74) is 5.23. The number of rotatable bonds is 6. The van der Waals surface area contributed by atoms with Gasteiger partial charge in [-0.05, 0) is 57.3 Å². The summed E-state index contributed by atoms with van der Waals surface area (Å²) in [5.74, 6) is 1.54. The summed E-state index contributed by atoms with van der Waals surface area (Å²) < 4.78 is 7.60. The average Bonchev–Trinajstić information content (AvgIpc) is 3.39. The number of imidazole rings is 1. The third kappa shape index (κ3) is 5.24. The Hall–Kier alpha value is -4.02. The minimum atomic E-state index is 0.0778. The number of morpholine rings is 1. The molecule has 0 atom stereocenters. The molecule has 0 bridgehead atoms. The van der Waals surface area contributed by atoms with Crippen molar-refractivity contribution in [2.45, 2.75) is 19.9 Å². The Morgan fingerprint density at radius 2 is 1.60 bits per heavy atom. The summed E-state index contributed by atoms with van der Waals surface area (Å²) in [7, 11) is 2.09. The topological polar surface area (TPSA) is 91.7 Å². The van der Waals surface area contributed by atoms with Crippen LogP contribution in [0, 0.1) is 0 Å². The van der Waals surface area contributed by atoms with E-state index in [1.54, 1.807) is 6.33 Å². The number of anilines is 3. The third-order valence-electron chi connectivity index (χ3n) is 7.68. The van der Waals surface area contributed by atoms with E-state index in [1.807, 2.05) is 29.2 Å². The highest BCUT2D eigenvalue weighted by molar-refractivity contribution is 5.95. The van der Waals surface area contributed by atoms with E-state index in [0.29, 0.717) is 16.9 Å². The first kappa shape index (κ1) is 26.2. The molecule has 2 saturated heterocycles. The molecular weight excluding hydrogens is 504 g/mol. The van der Waals surface area contributed by atoms with Gasteiger partial charge in [0, 0.05) is 67.8 Å². The van der Waals surface area contributed by atoms with Gasteiger partial charge in [0.1, 0.15) is 12.2 Å². The first-order chi connectivity index (χ1) is 19.5. The van der Waals surface area contributed by atoms with Crippen LogP contribution in [0.25, 0.3) is 22.6 Å². The van der Waals surface area contributed by atoms with Gasteiger partial charge < -0.3 is 29.3 Å². The molecule has 6 rings (SSSR count). The van der Waals surface area contributed by atoms with E-state index < -0.39 is 0 Å². The predicted octanol–water partition coefficient (Wildman–Crippen LogP) is 4.04. The lowest BCUT2D eigenvalue weighted by molar-refractivity contribution is 0.0664. The van der Waals surface area contributed by atoms with Crippen molar-refractivity contribution in [3.8, 4) is 11.4 Å². The molecule has 1 amide bonds. The van der Waals surface area contributed by atoms with Gasteiger partial charge in [0.2, 0.25) is 0 Å². The third-order valence-corrected chi connectivity index (χ3v) is 7.68. The number of piperazine rings is 1. The van der Waals surface area contributed by atoms with Gasteiger partial charge in [0.15, 0.2) is 17.0 Å². The number of likely N-dealkylation sites (N-methyl/N-ethyl adjacent to an activating group) is 1. The molecule has 10 nitrogen and oxygen atoms in total. The summed E-state index contributed by atoms with van der Waals surface area (Å²) in [6.45, 7) is 10.9. The Labute approximate surface area is 234 Å². The maximum atomic E-state index is 13.1. The molecule has 0 saturated carbocycles. The van der Waals surface area contributed by atoms with E-state index in [1.165, 1.54) is 5.69 Å². The second-order valence-electron chi connectivity index (χ2n) is 10.7. The highest BCUT2D eigenvalue weighted by Gasteiger charge is 2.22. The number of benzene rings is 2. The molecule has 208 valence electrons. The van der Waals surface area contributed by atoms with Crippen LogP contribution in [0.2, 0.25) is 0 Å². The molecule has 10 heteroatoms. The van der Waals surface area contributed by atoms with E-state index in [-0.39, 0.29) is 11.9 Å². The number of fused-ring (bicyclic) bond motifs is 1. The molecule has 40 heavy (non-hydrogen) atoms. The van der Waals surface area contributed by atoms with Gasteiger partial charge in [0.05, 0.1) is 13.2 Å². The SMILES string of the molecule is CC(C)n1c(-c2ccc(C(=O)N3CCN(C)CC3)cc2)nc2c(Nc3ccc(N4CCOCC4)cc3)ncnc21. The summed E-state index contributed by atoms with van der Waals surface area (Å²) in [6.07, 6.45) is 1.58. The van der Waals surface area contributed by atoms with Gasteiger partial charge in [-0.3, -0.25) is 4.79 Å². The number of hydrogen-bond donors (Lipinski definition) is 1. The summed E-state index contributed by atoms with van der Waals surface area (Å²) in [4.78, 5) is 33.7. The fourth-order valence-electron chi connectivity index (χ4n) is 5.36. The summed E-state index contributed by atoms with van der Waals surface area (Å²) >= 11 is 0. The number of nitrogens with zero attached hydrogens (tertiary/aromatic N) is 7. The molecule has 2 aromatic carbocycles. The number of aromatic nitrogens is 4. The zero-order valence-corrected chi connectivity index (χ0v) is 23.4. The predicted molar refractivity (Wildman–Crippen MR) is 157 cm³/mol. The standard InChI is InChI=1S/C30H36N8O2/c1-21(2)38-28(22-4-6-23(7-5-22)30(39)37-14-12-35(3)13-15-37)34-26-27(31-20-32-29(26)38)33-24-8-10-25(11-9-24)36-16-18-40-19-17-36/h4-11,20-21H,12-19H2,1-3H3,(H,31,32,33). The quantitative estimate of drug-likeness (QED) is 0.392. The average molecular weight is 541 g/mol. The number of amides is 1. The molecular formula is C30H36N8O2. The first-order valence-electron chi connectivity index (χ1n) is 14.0. The molecule has 0 unspecified atom stereocenters. The lowest BCUT2D eigenvalue weighted by Crippen LogP contribution is -2.47. The van der Waals surface area contributed by atoms with Crippen molar-refractivity contribution in [1.82, 2.24) is 29.3 Å². The van der Waals surface area contributed by atoms with Gasteiger partial charge >= 0.3 is 0 Å². The van der Waals surface area contributed by atoms with Crippen LogP contribution in [-0.4, -0.2) is 94.8 Å². The molecule has 0 radical (unpaired) electrons. The van der Waals surface area contributed by atoms with Crippen molar-refractivity contribution in [3.63, 3.8) is 0 Å². The van der Waals surface area contributed by atoms with Crippen molar-refractivity contribution in [2.24, 2.45) is 0 Å². The smallest absolute Gasteiger partial charge is 0.253 e. The van der Waals surface area contributed by atoms with Gasteiger partial charge in [-0.25, -0.2) is 15.0 Å². The van der Waals surface area contributed by atoms with Crippen LogP contribution in [0.15, 0.2) is 54.9 Å². The van der Waals surface area contributed by atoms with Crippen molar-refractivity contribution >= 4 is 34.3 Å². The number of carbonyl (C=O) groups is 1.